The van der Waals surface area contributed by atoms with Crippen molar-refractivity contribution in [3.63, 3.8) is 0 Å². The Bertz CT molecular complexity index is 650. The third-order valence-electron chi connectivity index (χ3n) is 3.73. The van der Waals surface area contributed by atoms with E-state index in [1.54, 1.807) is 11.8 Å². The lowest BCUT2D eigenvalue weighted by Crippen LogP contribution is -2.42. The van der Waals surface area contributed by atoms with Gasteiger partial charge in [-0.3, -0.25) is 10.1 Å². The third kappa shape index (κ3) is 4.11. The van der Waals surface area contributed by atoms with Gasteiger partial charge >= 0.3 is 0 Å². The van der Waals surface area contributed by atoms with Crippen LogP contribution in [0.2, 0.25) is 0 Å². The van der Waals surface area contributed by atoms with Crippen molar-refractivity contribution < 1.29 is 9.32 Å². The number of carbonyl (C=O) groups excluding carboxylic acids is 1. The first-order valence-electron chi connectivity index (χ1n) is 7.77. The number of hydrogen-bond acceptors (Lipinski definition) is 6. The molecule has 0 saturated carbocycles. The maximum Gasteiger partial charge on any atom is 0.257 e. The van der Waals surface area contributed by atoms with E-state index < -0.39 is 0 Å². The fourth-order valence-corrected chi connectivity index (χ4v) is 3.29. The van der Waals surface area contributed by atoms with Gasteiger partial charge < -0.3 is 9.84 Å². The molecule has 2 heterocycles. The normalized spacial score (nSPS) is 17.3. The number of thioether (sulfide) groups is 1. The van der Waals surface area contributed by atoms with Crippen LogP contribution < -0.4 is 10.6 Å². The summed E-state index contributed by atoms with van der Waals surface area (Å²) < 4.78 is 5.22. The van der Waals surface area contributed by atoms with Crippen molar-refractivity contribution in [3.05, 3.63) is 35.7 Å². The van der Waals surface area contributed by atoms with E-state index >= 15 is 0 Å². The lowest BCUT2D eigenvalue weighted by Gasteiger charge is -2.10. The summed E-state index contributed by atoms with van der Waals surface area (Å²) in [5.41, 5.74) is 2.08. The minimum Gasteiger partial charge on any atom is -0.354 e. The Labute approximate surface area is 139 Å². The van der Waals surface area contributed by atoms with E-state index in [1.165, 1.54) is 0 Å². The first-order valence-corrected chi connectivity index (χ1v) is 8.92. The van der Waals surface area contributed by atoms with Crippen LogP contribution in [0.3, 0.4) is 0 Å². The predicted molar refractivity (Wildman–Crippen MR) is 90.1 cm³/mol. The van der Waals surface area contributed by atoms with Crippen molar-refractivity contribution in [2.75, 3.05) is 18.2 Å². The summed E-state index contributed by atoms with van der Waals surface area (Å²) in [6.45, 7) is 2.63. The fraction of sp³-hybridized carbons (Fsp3) is 0.438. The molecule has 1 amide bonds. The zero-order valence-corrected chi connectivity index (χ0v) is 13.9. The molecule has 122 valence electrons. The SMILES string of the molecule is CCc1noc(-c2ccc(CCNC(=O)[C@H]3CSCN3)cc2)n1. The monoisotopic (exact) mass is 332 g/mol. The van der Waals surface area contributed by atoms with Gasteiger partial charge in [0.15, 0.2) is 5.82 Å². The van der Waals surface area contributed by atoms with Crippen LogP contribution in [0.15, 0.2) is 28.8 Å². The van der Waals surface area contributed by atoms with Gasteiger partial charge in [-0.15, -0.1) is 11.8 Å². The number of carbonyl (C=O) groups is 1. The van der Waals surface area contributed by atoms with E-state index in [0.717, 1.165) is 35.6 Å². The van der Waals surface area contributed by atoms with E-state index in [9.17, 15) is 4.79 Å². The number of aryl methyl sites for hydroxylation is 1. The van der Waals surface area contributed by atoms with Crippen molar-refractivity contribution >= 4 is 17.7 Å². The van der Waals surface area contributed by atoms with Crippen molar-refractivity contribution in [2.45, 2.75) is 25.8 Å². The highest BCUT2D eigenvalue weighted by Gasteiger charge is 2.21. The highest BCUT2D eigenvalue weighted by atomic mass is 32.2. The van der Waals surface area contributed by atoms with E-state index in [1.807, 2.05) is 31.2 Å². The zero-order valence-electron chi connectivity index (χ0n) is 13.0. The Morgan fingerprint density at radius 3 is 2.91 bits per heavy atom. The molecule has 0 aliphatic carbocycles. The Balaban J connectivity index is 1.50. The topological polar surface area (TPSA) is 80.0 Å². The highest BCUT2D eigenvalue weighted by Crippen LogP contribution is 2.18. The molecule has 1 aliphatic heterocycles. The highest BCUT2D eigenvalue weighted by molar-refractivity contribution is 7.99. The largest absolute Gasteiger partial charge is 0.354 e. The first kappa shape index (κ1) is 16.0. The first-order chi connectivity index (χ1) is 11.3. The van der Waals surface area contributed by atoms with Gasteiger partial charge in [0.25, 0.3) is 5.89 Å². The average molecular weight is 332 g/mol. The average Bonchev–Trinajstić information content (AvgIpc) is 3.27. The maximum absolute atomic E-state index is 11.9. The third-order valence-corrected chi connectivity index (χ3v) is 4.67. The quantitative estimate of drug-likeness (QED) is 0.837. The Morgan fingerprint density at radius 1 is 1.43 bits per heavy atom. The Morgan fingerprint density at radius 2 is 2.26 bits per heavy atom. The second-order valence-corrected chi connectivity index (χ2v) is 6.41. The summed E-state index contributed by atoms with van der Waals surface area (Å²) in [6, 6.07) is 7.95. The molecule has 0 unspecified atom stereocenters. The van der Waals surface area contributed by atoms with Crippen LogP contribution in [-0.4, -0.2) is 40.3 Å². The summed E-state index contributed by atoms with van der Waals surface area (Å²) in [7, 11) is 0. The molecule has 2 N–H and O–H groups in total. The summed E-state index contributed by atoms with van der Waals surface area (Å²) in [5.74, 6) is 3.06. The standard InChI is InChI=1S/C16H20N4O2S/c1-2-14-19-16(22-20-14)12-5-3-11(4-6-12)7-8-17-15(21)13-9-23-10-18-13/h3-6,13,18H,2,7-10H2,1H3,(H,17,21)/t13-/m1/s1. The second kappa shape index (κ2) is 7.61. The summed E-state index contributed by atoms with van der Waals surface area (Å²) in [4.78, 5) is 16.2. The van der Waals surface area contributed by atoms with Crippen LogP contribution >= 0.6 is 11.8 Å². The van der Waals surface area contributed by atoms with Gasteiger partial charge in [-0.1, -0.05) is 24.2 Å². The molecule has 0 spiro atoms. The molecule has 0 radical (unpaired) electrons. The molecule has 7 heteroatoms. The lowest BCUT2D eigenvalue weighted by atomic mass is 10.1. The van der Waals surface area contributed by atoms with Crippen LogP contribution in [-0.2, 0) is 17.6 Å². The second-order valence-electron chi connectivity index (χ2n) is 5.38. The summed E-state index contributed by atoms with van der Waals surface area (Å²) in [6.07, 6.45) is 1.56. The van der Waals surface area contributed by atoms with Crippen molar-refractivity contribution in [2.24, 2.45) is 0 Å². The van der Waals surface area contributed by atoms with Crippen molar-refractivity contribution in [3.8, 4) is 11.5 Å². The molecule has 2 aromatic rings. The van der Waals surface area contributed by atoms with E-state index in [2.05, 4.69) is 20.8 Å². The van der Waals surface area contributed by atoms with Gasteiger partial charge in [-0.05, 0) is 24.1 Å². The molecule has 3 rings (SSSR count). The molecule has 6 nitrogen and oxygen atoms in total. The molecule has 23 heavy (non-hydrogen) atoms. The molecule has 1 fully saturated rings. The minimum atomic E-state index is -0.0485. The van der Waals surface area contributed by atoms with Gasteiger partial charge in [0, 0.05) is 30.2 Å². The summed E-state index contributed by atoms with van der Waals surface area (Å²) in [5, 5.41) is 10.0. The molecule has 1 aromatic carbocycles. The molecular weight excluding hydrogens is 312 g/mol. The molecule has 1 saturated heterocycles. The van der Waals surface area contributed by atoms with Gasteiger partial charge in [0.2, 0.25) is 5.91 Å². The van der Waals surface area contributed by atoms with E-state index in [0.29, 0.717) is 18.3 Å². The van der Waals surface area contributed by atoms with Gasteiger partial charge in [0.05, 0.1) is 6.04 Å². The Kier molecular flexibility index (Phi) is 5.30. The molecule has 1 aromatic heterocycles. The van der Waals surface area contributed by atoms with Gasteiger partial charge in [0.1, 0.15) is 0 Å². The number of aromatic nitrogens is 2. The molecular formula is C16H20N4O2S. The minimum absolute atomic E-state index is 0.0485. The smallest absolute Gasteiger partial charge is 0.257 e. The van der Waals surface area contributed by atoms with Crippen LogP contribution in [0.4, 0.5) is 0 Å². The van der Waals surface area contributed by atoms with Crippen LogP contribution in [0.5, 0.6) is 0 Å². The summed E-state index contributed by atoms with van der Waals surface area (Å²) >= 11 is 1.75. The number of rotatable bonds is 6. The molecule has 1 atom stereocenters. The van der Waals surface area contributed by atoms with Crippen molar-refractivity contribution in [1.82, 2.24) is 20.8 Å². The number of benzene rings is 1. The number of nitrogens with zero attached hydrogens (tertiary/aromatic N) is 2. The number of nitrogens with one attached hydrogen (secondary N) is 2. The van der Waals surface area contributed by atoms with Crippen LogP contribution in [0.25, 0.3) is 11.5 Å². The van der Waals surface area contributed by atoms with Crippen LogP contribution in [0, 0.1) is 0 Å². The number of amides is 1. The van der Waals surface area contributed by atoms with Crippen LogP contribution in [0.1, 0.15) is 18.3 Å². The fourth-order valence-electron chi connectivity index (χ4n) is 2.35. The molecule has 1 aliphatic rings. The van der Waals surface area contributed by atoms with E-state index in [4.69, 9.17) is 4.52 Å². The van der Waals surface area contributed by atoms with Gasteiger partial charge in [-0.2, -0.15) is 4.98 Å². The molecule has 0 bridgehead atoms. The van der Waals surface area contributed by atoms with E-state index in [-0.39, 0.29) is 11.9 Å². The Hall–Kier alpha value is -1.86. The van der Waals surface area contributed by atoms with Crippen molar-refractivity contribution in [1.29, 1.82) is 0 Å². The number of hydrogen-bond donors (Lipinski definition) is 2. The predicted octanol–water partition coefficient (Wildman–Crippen LogP) is 1.62. The maximum atomic E-state index is 11.9. The lowest BCUT2D eigenvalue weighted by molar-refractivity contribution is -0.122. The van der Waals surface area contributed by atoms with Gasteiger partial charge in [-0.25, -0.2) is 0 Å². The zero-order chi connectivity index (χ0) is 16.1.